The number of aryl methyl sites for hydroxylation is 2. The highest BCUT2D eigenvalue weighted by molar-refractivity contribution is 14.0. The van der Waals surface area contributed by atoms with Gasteiger partial charge in [0.15, 0.2) is 5.96 Å². The maximum atomic E-state index is 4.67. The number of hydrogen-bond acceptors (Lipinski definition) is 3. The fourth-order valence-electron chi connectivity index (χ4n) is 2.85. The molecule has 6 nitrogen and oxygen atoms in total. The van der Waals surface area contributed by atoms with Gasteiger partial charge in [-0.25, -0.2) is 0 Å². The molecule has 0 amide bonds. The molecule has 2 heterocycles. The van der Waals surface area contributed by atoms with Gasteiger partial charge in [-0.1, -0.05) is 6.07 Å². The van der Waals surface area contributed by atoms with Crippen LogP contribution in [0, 0.1) is 13.8 Å². The number of aromatic nitrogens is 3. The first-order valence-electron chi connectivity index (χ1n) is 8.95. The van der Waals surface area contributed by atoms with Crippen LogP contribution in [-0.4, -0.2) is 39.9 Å². The minimum Gasteiger partial charge on any atom is -0.357 e. The number of aliphatic imine (C=N–C) groups is 1. The van der Waals surface area contributed by atoms with Gasteiger partial charge in [0.25, 0.3) is 0 Å². The van der Waals surface area contributed by atoms with E-state index in [1.54, 1.807) is 0 Å². The topological polar surface area (TPSA) is 67.1 Å². The minimum absolute atomic E-state index is 0. The average Bonchev–Trinajstić information content (AvgIpc) is 2.82. The summed E-state index contributed by atoms with van der Waals surface area (Å²) in [6, 6.07) is 6.25. The molecule has 26 heavy (non-hydrogen) atoms. The second-order valence-corrected chi connectivity index (χ2v) is 6.35. The van der Waals surface area contributed by atoms with Crippen molar-refractivity contribution in [1.82, 2.24) is 25.4 Å². The van der Waals surface area contributed by atoms with Crippen LogP contribution in [0.15, 0.2) is 29.4 Å². The largest absolute Gasteiger partial charge is 0.357 e. The van der Waals surface area contributed by atoms with Gasteiger partial charge >= 0.3 is 0 Å². The summed E-state index contributed by atoms with van der Waals surface area (Å²) >= 11 is 0. The monoisotopic (exact) mass is 470 g/mol. The van der Waals surface area contributed by atoms with E-state index in [2.05, 4.69) is 53.4 Å². The van der Waals surface area contributed by atoms with Crippen LogP contribution in [0.4, 0.5) is 0 Å². The molecule has 2 rings (SSSR count). The lowest BCUT2D eigenvalue weighted by Gasteiger charge is -2.18. The Bertz CT molecular complexity index is 696. The van der Waals surface area contributed by atoms with E-state index in [1.807, 2.05) is 36.1 Å². The Morgan fingerprint density at radius 3 is 2.65 bits per heavy atom. The summed E-state index contributed by atoms with van der Waals surface area (Å²) in [6.45, 7) is 10.0. The number of rotatable bonds is 7. The molecule has 0 aliphatic rings. The molecular formula is C19H31IN6. The molecule has 2 N–H and O–H groups in total. The van der Waals surface area contributed by atoms with Crippen LogP contribution in [0.5, 0.6) is 0 Å². The number of nitrogens with one attached hydrogen (secondary N) is 2. The molecule has 0 saturated heterocycles. The predicted octanol–water partition coefficient (Wildman–Crippen LogP) is 2.78. The lowest BCUT2D eigenvalue weighted by Crippen LogP contribution is -2.43. The Kier molecular flexibility index (Phi) is 9.61. The predicted molar refractivity (Wildman–Crippen MR) is 118 cm³/mol. The zero-order valence-corrected chi connectivity index (χ0v) is 18.7. The molecule has 0 bridgehead atoms. The lowest BCUT2D eigenvalue weighted by atomic mass is 10.1. The van der Waals surface area contributed by atoms with E-state index in [-0.39, 0.29) is 30.0 Å². The third kappa shape index (κ3) is 6.59. The van der Waals surface area contributed by atoms with Crippen LogP contribution in [0.3, 0.4) is 0 Å². The highest BCUT2D eigenvalue weighted by Crippen LogP contribution is 2.14. The van der Waals surface area contributed by atoms with Gasteiger partial charge in [0, 0.05) is 50.2 Å². The third-order valence-corrected chi connectivity index (χ3v) is 4.26. The van der Waals surface area contributed by atoms with E-state index < -0.39 is 0 Å². The molecule has 0 aliphatic carbocycles. The summed E-state index contributed by atoms with van der Waals surface area (Å²) < 4.78 is 1.95. The molecule has 2 aromatic heterocycles. The van der Waals surface area contributed by atoms with Gasteiger partial charge in [-0.3, -0.25) is 14.7 Å². The molecule has 2 aromatic rings. The van der Waals surface area contributed by atoms with Crippen LogP contribution >= 0.6 is 24.0 Å². The normalized spacial score (nSPS) is 12.4. The molecule has 1 atom stereocenters. The average molecular weight is 470 g/mol. The van der Waals surface area contributed by atoms with Crippen molar-refractivity contribution >= 4 is 29.9 Å². The van der Waals surface area contributed by atoms with Gasteiger partial charge in [-0.2, -0.15) is 5.10 Å². The summed E-state index contributed by atoms with van der Waals surface area (Å²) in [4.78, 5) is 9.01. The van der Waals surface area contributed by atoms with Crippen LogP contribution in [0.2, 0.25) is 0 Å². The summed E-state index contributed by atoms with van der Waals surface area (Å²) in [7, 11) is 1.99. The second kappa shape index (κ2) is 11.2. The number of nitrogens with zero attached hydrogens (tertiary/aromatic N) is 4. The van der Waals surface area contributed by atoms with Crippen molar-refractivity contribution in [3.8, 4) is 0 Å². The van der Waals surface area contributed by atoms with Gasteiger partial charge < -0.3 is 10.6 Å². The summed E-state index contributed by atoms with van der Waals surface area (Å²) in [5.74, 6) is 0.852. The standard InChI is InChI=1S/C19H30N6.HI/c1-6-20-19(22-12-10-17-9-7-8-11-21-17)23-14(2)13-18-15(3)24-25(5)16(18)4;/h7-9,11,14H,6,10,12-13H2,1-5H3,(H2,20,22,23);1H. The first kappa shape index (κ1) is 22.4. The van der Waals surface area contributed by atoms with Gasteiger partial charge in [0.2, 0.25) is 0 Å². The van der Waals surface area contributed by atoms with Crippen molar-refractivity contribution in [2.24, 2.45) is 12.0 Å². The highest BCUT2D eigenvalue weighted by atomic mass is 127. The Hall–Kier alpha value is -1.64. The van der Waals surface area contributed by atoms with Crippen molar-refractivity contribution in [3.63, 3.8) is 0 Å². The zero-order chi connectivity index (χ0) is 18.2. The maximum absolute atomic E-state index is 4.67. The summed E-state index contributed by atoms with van der Waals surface area (Å²) in [5.41, 5.74) is 4.71. The van der Waals surface area contributed by atoms with Gasteiger partial charge in [0.05, 0.1) is 5.69 Å². The van der Waals surface area contributed by atoms with Crippen molar-refractivity contribution in [3.05, 3.63) is 47.0 Å². The number of guanidine groups is 1. The molecular weight excluding hydrogens is 439 g/mol. The van der Waals surface area contributed by atoms with Crippen LogP contribution in [0.25, 0.3) is 0 Å². The SMILES string of the molecule is CCNC(=NCCc1ccccn1)NC(C)Cc1c(C)nn(C)c1C.I. The smallest absolute Gasteiger partial charge is 0.191 e. The maximum Gasteiger partial charge on any atom is 0.191 e. The van der Waals surface area contributed by atoms with Crippen LogP contribution in [-0.2, 0) is 19.9 Å². The van der Waals surface area contributed by atoms with Crippen molar-refractivity contribution < 1.29 is 0 Å². The van der Waals surface area contributed by atoms with E-state index in [0.717, 1.165) is 36.7 Å². The van der Waals surface area contributed by atoms with Crippen molar-refractivity contribution in [2.75, 3.05) is 13.1 Å². The molecule has 0 saturated carbocycles. The Balaban J connectivity index is 0.00000338. The minimum atomic E-state index is 0. The molecule has 144 valence electrons. The Morgan fingerprint density at radius 2 is 2.08 bits per heavy atom. The lowest BCUT2D eigenvalue weighted by molar-refractivity contribution is 0.635. The van der Waals surface area contributed by atoms with Gasteiger partial charge in [0.1, 0.15) is 0 Å². The molecule has 1 unspecified atom stereocenters. The fourth-order valence-corrected chi connectivity index (χ4v) is 2.85. The second-order valence-electron chi connectivity index (χ2n) is 6.35. The molecule has 7 heteroatoms. The molecule has 0 aliphatic heterocycles. The summed E-state index contributed by atoms with van der Waals surface area (Å²) in [6.07, 6.45) is 3.59. The van der Waals surface area contributed by atoms with E-state index in [9.17, 15) is 0 Å². The third-order valence-electron chi connectivity index (χ3n) is 4.26. The first-order valence-corrected chi connectivity index (χ1v) is 8.95. The van der Waals surface area contributed by atoms with Crippen LogP contribution in [0.1, 0.15) is 36.5 Å². The number of hydrogen-bond donors (Lipinski definition) is 2. The molecule has 0 spiro atoms. The molecule has 0 fully saturated rings. The fraction of sp³-hybridized carbons (Fsp3) is 0.526. The molecule has 0 aromatic carbocycles. The Morgan fingerprint density at radius 1 is 1.31 bits per heavy atom. The zero-order valence-electron chi connectivity index (χ0n) is 16.4. The highest BCUT2D eigenvalue weighted by Gasteiger charge is 2.13. The first-order chi connectivity index (χ1) is 12.0. The van der Waals surface area contributed by atoms with Crippen LogP contribution < -0.4 is 10.6 Å². The van der Waals surface area contributed by atoms with E-state index >= 15 is 0 Å². The van der Waals surface area contributed by atoms with Gasteiger partial charge in [-0.15, -0.1) is 24.0 Å². The van der Waals surface area contributed by atoms with E-state index in [0.29, 0.717) is 6.54 Å². The number of pyridine rings is 1. The number of halogens is 1. The quantitative estimate of drug-likeness (QED) is 0.371. The summed E-state index contributed by atoms with van der Waals surface area (Å²) in [5, 5.41) is 11.3. The Labute approximate surface area is 173 Å². The van der Waals surface area contributed by atoms with Crippen molar-refractivity contribution in [2.45, 2.75) is 46.6 Å². The molecule has 0 radical (unpaired) electrons. The van der Waals surface area contributed by atoms with E-state index in [4.69, 9.17) is 0 Å². The van der Waals surface area contributed by atoms with Gasteiger partial charge in [-0.05, 0) is 51.8 Å². The van der Waals surface area contributed by atoms with E-state index in [1.165, 1.54) is 11.3 Å². The van der Waals surface area contributed by atoms with Crippen molar-refractivity contribution in [1.29, 1.82) is 0 Å².